The average Bonchev–Trinajstić information content (AvgIpc) is 2.30. The van der Waals surface area contributed by atoms with Crippen LogP contribution in [0.1, 0.15) is 34.6 Å². The molecular weight excluding hydrogens is 260 g/mol. The molecule has 0 unspecified atom stereocenters. The molecule has 0 saturated carbocycles. The quantitative estimate of drug-likeness (QED) is 0.788. The molecule has 0 atom stereocenters. The third kappa shape index (κ3) is 4.60. The zero-order chi connectivity index (χ0) is 12.0. The molecule has 0 aliphatic heterocycles. The summed E-state index contributed by atoms with van der Waals surface area (Å²) in [5.74, 6) is -0.782. The van der Waals surface area contributed by atoms with Crippen molar-refractivity contribution in [3.63, 3.8) is 0 Å². The Morgan fingerprint density at radius 3 is 1.41 bits per heavy atom. The summed E-state index contributed by atoms with van der Waals surface area (Å²) in [5, 5.41) is 0. The Balaban J connectivity index is 0.00000256. The van der Waals surface area contributed by atoms with Crippen LogP contribution in [0.3, 0.4) is 0 Å². The van der Waals surface area contributed by atoms with Gasteiger partial charge in [-0.15, -0.1) is 0 Å². The van der Waals surface area contributed by atoms with Gasteiger partial charge in [-0.05, 0) is 38.1 Å². The summed E-state index contributed by atoms with van der Waals surface area (Å²) < 4.78 is 9.64. The van der Waals surface area contributed by atoms with Gasteiger partial charge < -0.3 is 9.47 Å². The van der Waals surface area contributed by atoms with Crippen LogP contribution in [0.5, 0.6) is 0 Å². The predicted octanol–water partition coefficient (Wildman–Crippen LogP) is 2.04. The van der Waals surface area contributed by atoms with E-state index in [0.29, 0.717) is 24.3 Å². The van der Waals surface area contributed by atoms with Crippen molar-refractivity contribution in [3.8, 4) is 0 Å². The molecular formula is C12H14CrO4+3. The summed E-state index contributed by atoms with van der Waals surface area (Å²) in [7, 11) is 0. The predicted molar refractivity (Wildman–Crippen MR) is 58.4 cm³/mol. The Bertz CT molecular complexity index is 336. The van der Waals surface area contributed by atoms with Crippen LogP contribution in [0.2, 0.25) is 0 Å². The van der Waals surface area contributed by atoms with Crippen molar-refractivity contribution < 1.29 is 36.4 Å². The second kappa shape index (κ2) is 7.88. The van der Waals surface area contributed by atoms with E-state index < -0.39 is 11.9 Å². The first-order chi connectivity index (χ1) is 7.69. The Morgan fingerprint density at radius 1 is 0.882 bits per heavy atom. The van der Waals surface area contributed by atoms with Gasteiger partial charge in [-0.1, -0.05) is 0 Å². The van der Waals surface area contributed by atoms with Gasteiger partial charge in [-0.25, -0.2) is 9.59 Å². The Hall–Kier alpha value is -1.31. The molecule has 5 heteroatoms. The fraction of sp³-hybridized carbons (Fsp3) is 0.333. The van der Waals surface area contributed by atoms with Crippen molar-refractivity contribution in [2.75, 3.05) is 13.2 Å². The Labute approximate surface area is 111 Å². The number of benzene rings is 1. The molecule has 89 valence electrons. The topological polar surface area (TPSA) is 52.6 Å². The molecule has 1 aromatic rings. The monoisotopic (exact) mass is 274 g/mol. The molecule has 0 amide bonds. The molecule has 0 spiro atoms. The number of hydrogen-bond donors (Lipinski definition) is 0. The second-order valence-corrected chi connectivity index (χ2v) is 3.02. The molecule has 0 aliphatic rings. The summed E-state index contributed by atoms with van der Waals surface area (Å²) in [5.41, 5.74) is 0.852. The van der Waals surface area contributed by atoms with E-state index in [0.717, 1.165) is 0 Å². The molecule has 1 radical (unpaired) electrons. The fourth-order valence-corrected chi connectivity index (χ4v) is 1.17. The maximum Gasteiger partial charge on any atom is 3.00 e. The van der Waals surface area contributed by atoms with E-state index in [4.69, 9.17) is 9.47 Å². The van der Waals surface area contributed by atoms with Gasteiger partial charge in [-0.2, -0.15) is 0 Å². The van der Waals surface area contributed by atoms with Gasteiger partial charge in [0.05, 0.1) is 24.3 Å². The van der Waals surface area contributed by atoms with Gasteiger partial charge in [0.25, 0.3) is 0 Å². The van der Waals surface area contributed by atoms with E-state index in [1.54, 1.807) is 38.1 Å². The molecule has 0 heterocycles. The van der Waals surface area contributed by atoms with Gasteiger partial charge in [0, 0.05) is 0 Å². The van der Waals surface area contributed by atoms with Crippen LogP contribution in [-0.4, -0.2) is 25.2 Å². The Morgan fingerprint density at radius 2 is 1.18 bits per heavy atom. The summed E-state index contributed by atoms with van der Waals surface area (Å²) in [4.78, 5) is 22.6. The standard InChI is InChI=1S/C12H14O4.Cr/c1-3-15-11(13)9-5-7-10(8-6-9)12(14)16-4-2;/h5-8H,3-4H2,1-2H3;/q;+3. The minimum absolute atomic E-state index is 0. The van der Waals surface area contributed by atoms with Gasteiger partial charge in [-0.3, -0.25) is 0 Å². The van der Waals surface area contributed by atoms with Gasteiger partial charge in [0.1, 0.15) is 0 Å². The van der Waals surface area contributed by atoms with E-state index in [9.17, 15) is 9.59 Å². The summed E-state index contributed by atoms with van der Waals surface area (Å²) in [6, 6.07) is 6.18. The van der Waals surface area contributed by atoms with Crippen molar-refractivity contribution in [1.82, 2.24) is 0 Å². The largest absolute Gasteiger partial charge is 3.00 e. The van der Waals surface area contributed by atoms with Crippen molar-refractivity contribution in [1.29, 1.82) is 0 Å². The number of hydrogen-bond acceptors (Lipinski definition) is 4. The number of ether oxygens (including phenoxy) is 2. The van der Waals surface area contributed by atoms with E-state index in [1.165, 1.54) is 0 Å². The maximum absolute atomic E-state index is 11.3. The van der Waals surface area contributed by atoms with Crippen LogP contribution in [0.15, 0.2) is 24.3 Å². The number of carbonyl (C=O) groups is 2. The van der Waals surface area contributed by atoms with Crippen molar-refractivity contribution in [3.05, 3.63) is 35.4 Å². The molecule has 17 heavy (non-hydrogen) atoms. The van der Waals surface area contributed by atoms with Crippen molar-refractivity contribution in [2.24, 2.45) is 0 Å². The molecule has 0 fully saturated rings. The zero-order valence-corrected chi connectivity index (χ0v) is 11.0. The van der Waals surface area contributed by atoms with Gasteiger partial charge in [0.15, 0.2) is 0 Å². The second-order valence-electron chi connectivity index (χ2n) is 3.02. The third-order valence-electron chi connectivity index (χ3n) is 1.91. The molecule has 0 N–H and O–H groups in total. The average molecular weight is 274 g/mol. The summed E-state index contributed by atoms with van der Waals surface area (Å²) in [6.45, 7) is 4.15. The molecule has 1 rings (SSSR count). The minimum atomic E-state index is -0.391. The summed E-state index contributed by atoms with van der Waals surface area (Å²) in [6.07, 6.45) is 0. The first-order valence-electron chi connectivity index (χ1n) is 5.13. The van der Waals surface area contributed by atoms with Crippen LogP contribution < -0.4 is 0 Å². The smallest absolute Gasteiger partial charge is 0.462 e. The molecule has 0 aliphatic carbocycles. The van der Waals surface area contributed by atoms with Gasteiger partial charge >= 0.3 is 29.3 Å². The number of rotatable bonds is 4. The van der Waals surface area contributed by atoms with Crippen LogP contribution >= 0.6 is 0 Å². The zero-order valence-electron chi connectivity index (χ0n) is 9.76. The van der Waals surface area contributed by atoms with E-state index in [-0.39, 0.29) is 17.4 Å². The third-order valence-corrected chi connectivity index (χ3v) is 1.91. The first kappa shape index (κ1) is 15.7. The van der Waals surface area contributed by atoms with Crippen LogP contribution in [0.25, 0.3) is 0 Å². The first-order valence-corrected chi connectivity index (χ1v) is 5.13. The van der Waals surface area contributed by atoms with Crippen molar-refractivity contribution >= 4 is 11.9 Å². The van der Waals surface area contributed by atoms with E-state index in [2.05, 4.69) is 0 Å². The fourth-order valence-electron chi connectivity index (χ4n) is 1.17. The Kier molecular flexibility index (Phi) is 7.28. The SMILES string of the molecule is CCOC(=O)c1ccc(C(=O)OCC)cc1.[Cr+3]. The van der Waals surface area contributed by atoms with Crippen LogP contribution in [-0.2, 0) is 26.8 Å². The molecule has 1 aromatic carbocycles. The van der Waals surface area contributed by atoms with Crippen LogP contribution in [0, 0.1) is 0 Å². The van der Waals surface area contributed by atoms with Crippen LogP contribution in [0.4, 0.5) is 0 Å². The molecule has 0 bridgehead atoms. The number of esters is 2. The number of carbonyl (C=O) groups excluding carboxylic acids is 2. The normalized spacial score (nSPS) is 9.06. The maximum atomic E-state index is 11.3. The van der Waals surface area contributed by atoms with Crippen molar-refractivity contribution in [2.45, 2.75) is 13.8 Å². The van der Waals surface area contributed by atoms with E-state index >= 15 is 0 Å². The minimum Gasteiger partial charge on any atom is -0.462 e. The summed E-state index contributed by atoms with van der Waals surface area (Å²) >= 11 is 0. The molecule has 0 saturated heterocycles. The molecule has 4 nitrogen and oxygen atoms in total. The van der Waals surface area contributed by atoms with E-state index in [1.807, 2.05) is 0 Å². The van der Waals surface area contributed by atoms with Gasteiger partial charge in [0.2, 0.25) is 0 Å². The molecule has 0 aromatic heterocycles.